The van der Waals surface area contributed by atoms with Gasteiger partial charge in [0.25, 0.3) is 0 Å². The summed E-state index contributed by atoms with van der Waals surface area (Å²) < 4.78 is 27.0. The number of aliphatic carboxylic acids is 1. The van der Waals surface area contributed by atoms with Gasteiger partial charge in [0.15, 0.2) is 0 Å². The predicted molar refractivity (Wildman–Crippen MR) is 64.5 cm³/mol. The van der Waals surface area contributed by atoms with Gasteiger partial charge in [0.05, 0.1) is 0 Å². The zero-order valence-corrected chi connectivity index (χ0v) is 10.5. The van der Waals surface area contributed by atoms with Crippen molar-refractivity contribution in [3.63, 3.8) is 0 Å². The van der Waals surface area contributed by atoms with Gasteiger partial charge in [-0.1, -0.05) is 6.07 Å². The standard InChI is InChI=1S/C13H15F2NO3/c1-8(17)16-9(5-6-13(18)19)7-10-11(14)3-2-4-12(10)15/h2-4,9H,5-7H2,1H3,(H,16,17)(H,18,19). The SMILES string of the molecule is CC(=O)NC(CCC(=O)O)Cc1c(F)cccc1F. The summed E-state index contributed by atoms with van der Waals surface area (Å²) in [7, 11) is 0. The highest BCUT2D eigenvalue weighted by molar-refractivity contribution is 5.73. The van der Waals surface area contributed by atoms with Crippen molar-refractivity contribution in [1.82, 2.24) is 5.32 Å². The Balaban J connectivity index is 2.81. The fourth-order valence-corrected chi connectivity index (χ4v) is 1.78. The Bertz CT molecular complexity index is 457. The largest absolute Gasteiger partial charge is 0.481 e. The maximum Gasteiger partial charge on any atom is 0.303 e. The van der Waals surface area contributed by atoms with Crippen LogP contribution in [-0.4, -0.2) is 23.0 Å². The number of hydrogen-bond acceptors (Lipinski definition) is 2. The molecule has 0 bridgehead atoms. The van der Waals surface area contributed by atoms with E-state index >= 15 is 0 Å². The number of rotatable bonds is 6. The van der Waals surface area contributed by atoms with Gasteiger partial charge in [0, 0.05) is 24.9 Å². The molecule has 6 heteroatoms. The summed E-state index contributed by atoms with van der Waals surface area (Å²) in [6, 6.07) is 2.89. The van der Waals surface area contributed by atoms with Crippen LogP contribution < -0.4 is 5.32 Å². The fourth-order valence-electron chi connectivity index (χ4n) is 1.78. The number of carbonyl (C=O) groups is 2. The fraction of sp³-hybridized carbons (Fsp3) is 0.385. The average molecular weight is 271 g/mol. The summed E-state index contributed by atoms with van der Waals surface area (Å²) in [5.74, 6) is -2.80. The lowest BCUT2D eigenvalue weighted by molar-refractivity contribution is -0.137. The first kappa shape index (κ1) is 15.1. The average Bonchev–Trinajstić information content (AvgIpc) is 2.30. The Kier molecular flexibility index (Phi) is 5.41. The van der Waals surface area contributed by atoms with Crippen molar-refractivity contribution in [3.8, 4) is 0 Å². The molecule has 0 aliphatic heterocycles. The number of carbonyl (C=O) groups excluding carboxylic acids is 1. The van der Waals surface area contributed by atoms with Crippen LogP contribution in [-0.2, 0) is 16.0 Å². The molecule has 0 aliphatic carbocycles. The molecular formula is C13H15F2NO3. The van der Waals surface area contributed by atoms with Gasteiger partial charge < -0.3 is 10.4 Å². The molecule has 0 radical (unpaired) electrons. The molecule has 0 heterocycles. The van der Waals surface area contributed by atoms with Gasteiger partial charge in [-0.15, -0.1) is 0 Å². The lowest BCUT2D eigenvalue weighted by Gasteiger charge is -2.17. The van der Waals surface area contributed by atoms with Crippen LogP contribution in [0.1, 0.15) is 25.3 Å². The second-order valence-corrected chi connectivity index (χ2v) is 4.23. The van der Waals surface area contributed by atoms with Crippen LogP contribution in [0, 0.1) is 11.6 Å². The Morgan fingerprint density at radius 2 is 1.89 bits per heavy atom. The molecule has 2 N–H and O–H groups in total. The molecule has 0 saturated carbocycles. The number of benzene rings is 1. The summed E-state index contributed by atoms with van der Waals surface area (Å²) in [5, 5.41) is 11.1. The Morgan fingerprint density at radius 3 is 2.37 bits per heavy atom. The van der Waals surface area contributed by atoms with Crippen LogP contribution >= 0.6 is 0 Å². The molecule has 1 aromatic rings. The van der Waals surface area contributed by atoms with Crippen molar-refractivity contribution in [1.29, 1.82) is 0 Å². The van der Waals surface area contributed by atoms with Crippen LogP contribution in [0.15, 0.2) is 18.2 Å². The maximum absolute atomic E-state index is 13.5. The van der Waals surface area contributed by atoms with E-state index in [1.807, 2.05) is 0 Å². The number of amides is 1. The van der Waals surface area contributed by atoms with Crippen LogP contribution in [0.3, 0.4) is 0 Å². The predicted octanol–water partition coefficient (Wildman–Crippen LogP) is 1.88. The van der Waals surface area contributed by atoms with Crippen molar-refractivity contribution in [2.75, 3.05) is 0 Å². The Morgan fingerprint density at radius 1 is 1.32 bits per heavy atom. The molecule has 1 rings (SSSR count). The van der Waals surface area contributed by atoms with E-state index in [2.05, 4.69) is 5.32 Å². The molecule has 0 saturated heterocycles. The molecular weight excluding hydrogens is 256 g/mol. The topological polar surface area (TPSA) is 66.4 Å². The molecule has 19 heavy (non-hydrogen) atoms. The summed E-state index contributed by atoms with van der Waals surface area (Å²) >= 11 is 0. The van der Waals surface area contributed by atoms with E-state index in [0.29, 0.717) is 0 Å². The Labute approximate surface area is 109 Å². The monoisotopic (exact) mass is 271 g/mol. The van der Waals surface area contributed by atoms with E-state index in [1.165, 1.54) is 13.0 Å². The second-order valence-electron chi connectivity index (χ2n) is 4.23. The van der Waals surface area contributed by atoms with Gasteiger partial charge in [0.2, 0.25) is 5.91 Å². The summed E-state index contributed by atoms with van der Waals surface area (Å²) in [6.45, 7) is 1.27. The third-order valence-corrected chi connectivity index (χ3v) is 2.63. The van der Waals surface area contributed by atoms with Crippen molar-refractivity contribution in [2.24, 2.45) is 0 Å². The number of carboxylic acids is 1. The van der Waals surface area contributed by atoms with Crippen LogP contribution in [0.4, 0.5) is 8.78 Å². The lowest BCUT2D eigenvalue weighted by atomic mass is 10.0. The van der Waals surface area contributed by atoms with Gasteiger partial charge in [-0.05, 0) is 25.0 Å². The number of halogens is 2. The summed E-state index contributed by atoms with van der Waals surface area (Å²) in [5.41, 5.74) is -0.147. The van der Waals surface area contributed by atoms with E-state index in [9.17, 15) is 18.4 Å². The third kappa shape index (κ3) is 5.03. The first-order valence-corrected chi connectivity index (χ1v) is 5.82. The van der Waals surface area contributed by atoms with Gasteiger partial charge in [-0.3, -0.25) is 9.59 Å². The van der Waals surface area contributed by atoms with Gasteiger partial charge in [-0.2, -0.15) is 0 Å². The minimum absolute atomic E-state index is 0.0780. The molecule has 1 atom stereocenters. The van der Waals surface area contributed by atoms with Gasteiger partial charge in [0.1, 0.15) is 11.6 Å². The quantitative estimate of drug-likeness (QED) is 0.830. The molecule has 1 amide bonds. The molecule has 4 nitrogen and oxygen atoms in total. The van der Waals surface area contributed by atoms with E-state index in [0.717, 1.165) is 12.1 Å². The van der Waals surface area contributed by atoms with Gasteiger partial charge in [-0.25, -0.2) is 8.78 Å². The van der Waals surface area contributed by atoms with E-state index < -0.39 is 23.6 Å². The molecule has 0 aromatic heterocycles. The Hall–Kier alpha value is -1.98. The maximum atomic E-state index is 13.5. The third-order valence-electron chi connectivity index (χ3n) is 2.63. The van der Waals surface area contributed by atoms with Crippen LogP contribution in [0.25, 0.3) is 0 Å². The van der Waals surface area contributed by atoms with Crippen molar-refractivity contribution in [3.05, 3.63) is 35.4 Å². The first-order chi connectivity index (χ1) is 8.90. The normalized spacial score (nSPS) is 11.9. The summed E-state index contributed by atoms with van der Waals surface area (Å²) in [6.07, 6.45) is -0.144. The first-order valence-electron chi connectivity index (χ1n) is 5.82. The highest BCUT2D eigenvalue weighted by Gasteiger charge is 2.17. The summed E-state index contributed by atoms with van der Waals surface area (Å²) in [4.78, 5) is 21.5. The van der Waals surface area contributed by atoms with E-state index in [4.69, 9.17) is 5.11 Å². The molecule has 1 unspecified atom stereocenters. The van der Waals surface area contributed by atoms with Crippen LogP contribution in [0.5, 0.6) is 0 Å². The highest BCUT2D eigenvalue weighted by atomic mass is 19.1. The molecule has 0 fully saturated rings. The number of carboxylic acid groups (broad SMARTS) is 1. The molecule has 104 valence electrons. The second kappa shape index (κ2) is 6.82. The zero-order valence-electron chi connectivity index (χ0n) is 10.5. The molecule has 0 spiro atoms. The number of hydrogen-bond donors (Lipinski definition) is 2. The van der Waals surface area contributed by atoms with Crippen molar-refractivity contribution in [2.45, 2.75) is 32.2 Å². The van der Waals surface area contributed by atoms with E-state index in [-0.39, 0.29) is 30.7 Å². The minimum Gasteiger partial charge on any atom is -0.481 e. The highest BCUT2D eigenvalue weighted by Crippen LogP contribution is 2.16. The molecule has 0 aliphatic rings. The zero-order chi connectivity index (χ0) is 14.4. The minimum atomic E-state index is -1.02. The number of nitrogens with one attached hydrogen (secondary N) is 1. The van der Waals surface area contributed by atoms with E-state index in [1.54, 1.807) is 0 Å². The molecule has 1 aromatic carbocycles. The smallest absolute Gasteiger partial charge is 0.303 e. The lowest BCUT2D eigenvalue weighted by Crippen LogP contribution is -2.35. The van der Waals surface area contributed by atoms with Gasteiger partial charge >= 0.3 is 5.97 Å². The van der Waals surface area contributed by atoms with Crippen molar-refractivity contribution < 1.29 is 23.5 Å². The van der Waals surface area contributed by atoms with Crippen molar-refractivity contribution >= 4 is 11.9 Å². The van der Waals surface area contributed by atoms with Crippen LogP contribution in [0.2, 0.25) is 0 Å².